The van der Waals surface area contributed by atoms with Gasteiger partial charge >= 0.3 is 0 Å². The van der Waals surface area contributed by atoms with Crippen molar-refractivity contribution < 1.29 is 9.26 Å². The first-order chi connectivity index (χ1) is 10.7. The summed E-state index contributed by atoms with van der Waals surface area (Å²) in [5.41, 5.74) is 0.826. The topological polar surface area (TPSA) is 62.9 Å². The number of hydrogen-bond donors (Lipinski definition) is 1. The summed E-state index contributed by atoms with van der Waals surface area (Å²) in [4.78, 5) is 6.21. The number of rotatable bonds is 6. The molecule has 0 saturated carbocycles. The van der Waals surface area contributed by atoms with Gasteiger partial charge in [-0.05, 0) is 24.3 Å². The lowest BCUT2D eigenvalue weighted by Crippen LogP contribution is -2.40. The monoisotopic (exact) mass is 450 g/mol. The molecular weight excluding hydrogens is 431 g/mol. The zero-order valence-corrected chi connectivity index (χ0v) is 16.1. The summed E-state index contributed by atoms with van der Waals surface area (Å²) >= 11 is 5.83. The van der Waals surface area contributed by atoms with Crippen molar-refractivity contribution in [2.45, 2.75) is 6.54 Å². The molecule has 1 heterocycles. The van der Waals surface area contributed by atoms with Crippen molar-refractivity contribution >= 4 is 41.5 Å². The molecule has 0 bridgehead atoms. The summed E-state index contributed by atoms with van der Waals surface area (Å²) in [6.45, 7) is 1.80. The maximum absolute atomic E-state index is 5.83. The van der Waals surface area contributed by atoms with Gasteiger partial charge in [-0.25, -0.2) is 0 Å². The standard InChI is InChI=1S/C15H19ClN4O2.HI/c1-17-15(18-11-13-7-9-22-19-13)20(2)8-10-21-14-5-3-12(16)4-6-14;/h3-7,9H,8,10-11H2,1-2H3,(H,17,18);1H. The molecule has 0 aliphatic rings. The second-order valence-corrected chi connectivity index (χ2v) is 5.05. The number of nitrogens with zero attached hydrogens (tertiary/aromatic N) is 3. The van der Waals surface area contributed by atoms with Gasteiger partial charge in [-0.15, -0.1) is 24.0 Å². The highest BCUT2D eigenvalue weighted by Crippen LogP contribution is 2.15. The van der Waals surface area contributed by atoms with E-state index >= 15 is 0 Å². The average Bonchev–Trinajstić information content (AvgIpc) is 3.03. The molecule has 0 atom stereocenters. The van der Waals surface area contributed by atoms with Crippen LogP contribution in [0.15, 0.2) is 46.1 Å². The third-order valence-electron chi connectivity index (χ3n) is 3.00. The minimum absolute atomic E-state index is 0. The maximum Gasteiger partial charge on any atom is 0.193 e. The molecule has 23 heavy (non-hydrogen) atoms. The highest BCUT2D eigenvalue weighted by atomic mass is 127. The lowest BCUT2D eigenvalue weighted by Gasteiger charge is -2.21. The van der Waals surface area contributed by atoms with Gasteiger partial charge in [-0.1, -0.05) is 16.8 Å². The highest BCUT2D eigenvalue weighted by Gasteiger charge is 2.06. The number of benzene rings is 1. The summed E-state index contributed by atoms with van der Waals surface area (Å²) in [6.07, 6.45) is 1.55. The van der Waals surface area contributed by atoms with Crippen molar-refractivity contribution in [1.29, 1.82) is 0 Å². The number of ether oxygens (including phenoxy) is 1. The number of aliphatic imine (C=N–C) groups is 1. The van der Waals surface area contributed by atoms with E-state index in [1.54, 1.807) is 25.4 Å². The molecule has 1 N–H and O–H groups in total. The van der Waals surface area contributed by atoms with Crippen LogP contribution >= 0.6 is 35.6 Å². The predicted molar refractivity (Wildman–Crippen MR) is 102 cm³/mol. The Labute approximate surface area is 157 Å². The van der Waals surface area contributed by atoms with Gasteiger partial charge in [0.15, 0.2) is 5.96 Å². The zero-order chi connectivity index (χ0) is 15.8. The van der Waals surface area contributed by atoms with Crippen LogP contribution in [0.4, 0.5) is 0 Å². The van der Waals surface area contributed by atoms with Crippen molar-refractivity contribution in [2.24, 2.45) is 4.99 Å². The Morgan fingerprint density at radius 1 is 1.35 bits per heavy atom. The lowest BCUT2D eigenvalue weighted by molar-refractivity contribution is 0.281. The van der Waals surface area contributed by atoms with E-state index in [0.29, 0.717) is 24.7 Å². The molecular formula is C15H20ClIN4O2. The Morgan fingerprint density at radius 3 is 2.70 bits per heavy atom. The molecule has 6 nitrogen and oxygen atoms in total. The first-order valence-corrected chi connectivity index (χ1v) is 7.26. The molecule has 0 fully saturated rings. The molecule has 2 rings (SSSR count). The van der Waals surface area contributed by atoms with Gasteiger partial charge in [-0.3, -0.25) is 4.99 Å². The van der Waals surface area contributed by atoms with Gasteiger partial charge in [0.25, 0.3) is 0 Å². The highest BCUT2D eigenvalue weighted by molar-refractivity contribution is 14.0. The smallest absolute Gasteiger partial charge is 0.193 e. The molecule has 1 aromatic heterocycles. The second kappa shape index (κ2) is 10.3. The minimum atomic E-state index is 0. The molecule has 0 amide bonds. The molecule has 1 aromatic carbocycles. The van der Waals surface area contributed by atoms with E-state index in [-0.39, 0.29) is 24.0 Å². The van der Waals surface area contributed by atoms with E-state index in [1.807, 2.05) is 30.1 Å². The number of aromatic nitrogens is 1. The van der Waals surface area contributed by atoms with E-state index in [9.17, 15) is 0 Å². The van der Waals surface area contributed by atoms with Crippen LogP contribution in [0.1, 0.15) is 5.69 Å². The Bertz CT molecular complexity index is 590. The molecule has 8 heteroatoms. The summed E-state index contributed by atoms with van der Waals surface area (Å²) < 4.78 is 10.5. The third-order valence-corrected chi connectivity index (χ3v) is 3.25. The number of hydrogen-bond acceptors (Lipinski definition) is 4. The van der Waals surface area contributed by atoms with Crippen LogP contribution < -0.4 is 10.1 Å². The number of likely N-dealkylation sites (N-methyl/N-ethyl adjacent to an activating group) is 1. The van der Waals surface area contributed by atoms with Gasteiger partial charge in [0.2, 0.25) is 0 Å². The normalized spacial score (nSPS) is 10.8. The van der Waals surface area contributed by atoms with Crippen LogP contribution in [0, 0.1) is 0 Å². The van der Waals surface area contributed by atoms with Gasteiger partial charge in [0.05, 0.1) is 13.1 Å². The van der Waals surface area contributed by atoms with Crippen LogP contribution in [0.3, 0.4) is 0 Å². The Kier molecular flexibility index (Phi) is 8.78. The fourth-order valence-corrected chi connectivity index (χ4v) is 1.95. The van der Waals surface area contributed by atoms with Crippen molar-refractivity contribution in [3.05, 3.63) is 47.3 Å². The Balaban J connectivity index is 0.00000264. The molecule has 0 aliphatic carbocycles. The summed E-state index contributed by atoms with van der Waals surface area (Å²) in [5.74, 6) is 1.56. The molecule has 0 saturated heterocycles. The maximum atomic E-state index is 5.83. The van der Waals surface area contributed by atoms with Crippen molar-refractivity contribution in [3.8, 4) is 5.75 Å². The third kappa shape index (κ3) is 6.66. The second-order valence-electron chi connectivity index (χ2n) is 4.62. The fourth-order valence-electron chi connectivity index (χ4n) is 1.82. The zero-order valence-electron chi connectivity index (χ0n) is 13.0. The van der Waals surface area contributed by atoms with Crippen LogP contribution in [-0.2, 0) is 6.54 Å². The molecule has 0 spiro atoms. The predicted octanol–water partition coefficient (Wildman–Crippen LogP) is 3.03. The average molecular weight is 451 g/mol. The van der Waals surface area contributed by atoms with E-state index < -0.39 is 0 Å². The molecule has 126 valence electrons. The molecule has 2 aromatic rings. The fraction of sp³-hybridized carbons (Fsp3) is 0.333. The van der Waals surface area contributed by atoms with Crippen molar-refractivity contribution in [3.63, 3.8) is 0 Å². The quantitative estimate of drug-likeness (QED) is 0.416. The van der Waals surface area contributed by atoms with Crippen molar-refractivity contribution in [1.82, 2.24) is 15.4 Å². The first kappa shape index (κ1) is 19.6. The molecule has 0 aliphatic heterocycles. The molecule has 0 unspecified atom stereocenters. The number of nitrogens with one attached hydrogen (secondary N) is 1. The SMILES string of the molecule is CN=C(NCc1ccon1)N(C)CCOc1ccc(Cl)cc1.I. The molecule has 0 radical (unpaired) electrons. The summed E-state index contributed by atoms with van der Waals surface area (Å²) in [6, 6.07) is 9.11. The Morgan fingerprint density at radius 2 is 2.09 bits per heavy atom. The van der Waals surface area contributed by atoms with E-state index in [1.165, 1.54) is 0 Å². The van der Waals surface area contributed by atoms with Gasteiger partial charge < -0.3 is 19.5 Å². The lowest BCUT2D eigenvalue weighted by atomic mass is 10.3. The van der Waals surface area contributed by atoms with E-state index in [2.05, 4.69) is 15.5 Å². The van der Waals surface area contributed by atoms with Crippen molar-refractivity contribution in [2.75, 3.05) is 27.2 Å². The van der Waals surface area contributed by atoms with Gasteiger partial charge in [-0.2, -0.15) is 0 Å². The largest absolute Gasteiger partial charge is 0.492 e. The summed E-state index contributed by atoms with van der Waals surface area (Å²) in [7, 11) is 3.69. The minimum Gasteiger partial charge on any atom is -0.492 e. The first-order valence-electron chi connectivity index (χ1n) is 6.88. The number of halogens is 2. The Hall–Kier alpha value is -1.48. The number of guanidine groups is 1. The van der Waals surface area contributed by atoms with Crippen LogP contribution in [0.2, 0.25) is 5.02 Å². The van der Waals surface area contributed by atoms with Crippen LogP contribution in [0.5, 0.6) is 5.75 Å². The van der Waals surface area contributed by atoms with Gasteiger partial charge in [0, 0.05) is 25.2 Å². The van der Waals surface area contributed by atoms with Crippen LogP contribution in [-0.4, -0.2) is 43.3 Å². The van der Waals surface area contributed by atoms with E-state index in [0.717, 1.165) is 17.4 Å². The van der Waals surface area contributed by atoms with Gasteiger partial charge in [0.1, 0.15) is 24.3 Å². The van der Waals surface area contributed by atoms with Crippen LogP contribution in [0.25, 0.3) is 0 Å². The summed E-state index contributed by atoms with van der Waals surface area (Å²) in [5, 5.41) is 7.75. The van der Waals surface area contributed by atoms with E-state index in [4.69, 9.17) is 20.9 Å².